The Bertz CT molecular complexity index is 1210. The van der Waals surface area contributed by atoms with Gasteiger partial charge >= 0.3 is 0 Å². The van der Waals surface area contributed by atoms with Crippen LogP contribution in [0.2, 0.25) is 0 Å². The SMILES string of the molecule is c1ccc(-c2ccccc2CO[C@@H]2CCN[C@H]2[C@@H]2NCC[C@H]2OCc2ccccc2-c2ccccc2)cc1. The van der Waals surface area contributed by atoms with Gasteiger partial charge in [0.05, 0.1) is 37.5 Å². The molecule has 2 heterocycles. The molecular formula is C34H36N2O2. The van der Waals surface area contributed by atoms with Crippen LogP contribution in [0.3, 0.4) is 0 Å². The van der Waals surface area contributed by atoms with E-state index in [1.54, 1.807) is 0 Å². The van der Waals surface area contributed by atoms with Crippen molar-refractivity contribution < 1.29 is 9.47 Å². The first-order valence-corrected chi connectivity index (χ1v) is 13.8. The van der Waals surface area contributed by atoms with E-state index < -0.39 is 0 Å². The second-order valence-corrected chi connectivity index (χ2v) is 10.3. The van der Waals surface area contributed by atoms with Crippen molar-refractivity contribution in [3.05, 3.63) is 120 Å². The van der Waals surface area contributed by atoms with Crippen molar-refractivity contribution in [1.82, 2.24) is 10.6 Å². The Hall–Kier alpha value is -3.28. The van der Waals surface area contributed by atoms with Crippen LogP contribution in [0, 0.1) is 0 Å². The molecule has 2 N–H and O–H groups in total. The average Bonchev–Trinajstić information content (AvgIpc) is 3.65. The summed E-state index contributed by atoms with van der Waals surface area (Å²) in [4.78, 5) is 0. The van der Waals surface area contributed by atoms with E-state index in [4.69, 9.17) is 9.47 Å². The lowest BCUT2D eigenvalue weighted by atomic mass is 9.98. The van der Waals surface area contributed by atoms with Gasteiger partial charge in [0, 0.05) is 0 Å². The van der Waals surface area contributed by atoms with Crippen LogP contribution in [0.4, 0.5) is 0 Å². The number of benzene rings is 4. The summed E-state index contributed by atoms with van der Waals surface area (Å²) >= 11 is 0. The maximum Gasteiger partial charge on any atom is 0.0760 e. The lowest BCUT2D eigenvalue weighted by Gasteiger charge is -2.30. The zero-order chi connectivity index (χ0) is 25.6. The summed E-state index contributed by atoms with van der Waals surface area (Å²) in [5.41, 5.74) is 7.41. The first-order chi connectivity index (χ1) is 18.9. The first-order valence-electron chi connectivity index (χ1n) is 13.8. The number of rotatable bonds is 9. The van der Waals surface area contributed by atoms with Gasteiger partial charge in [0.15, 0.2) is 0 Å². The van der Waals surface area contributed by atoms with Crippen LogP contribution < -0.4 is 10.6 Å². The summed E-state index contributed by atoms with van der Waals surface area (Å²) in [6, 6.07) is 38.8. The van der Waals surface area contributed by atoms with Crippen LogP contribution in [0.25, 0.3) is 22.3 Å². The molecule has 0 amide bonds. The largest absolute Gasteiger partial charge is 0.372 e. The highest BCUT2D eigenvalue weighted by Crippen LogP contribution is 2.29. The normalized spacial score (nSPS) is 23.1. The molecule has 194 valence electrons. The molecule has 0 bridgehead atoms. The van der Waals surface area contributed by atoms with Crippen molar-refractivity contribution in [2.24, 2.45) is 0 Å². The van der Waals surface area contributed by atoms with Crippen molar-refractivity contribution in [3.63, 3.8) is 0 Å². The monoisotopic (exact) mass is 504 g/mol. The van der Waals surface area contributed by atoms with E-state index >= 15 is 0 Å². The Morgan fingerprint density at radius 2 is 0.895 bits per heavy atom. The van der Waals surface area contributed by atoms with E-state index in [0.29, 0.717) is 13.2 Å². The summed E-state index contributed by atoms with van der Waals surface area (Å²) in [6.45, 7) is 3.15. The minimum atomic E-state index is 0.150. The molecular weight excluding hydrogens is 468 g/mol. The minimum Gasteiger partial charge on any atom is -0.372 e. The van der Waals surface area contributed by atoms with Crippen LogP contribution in [0.1, 0.15) is 24.0 Å². The Kier molecular flexibility index (Phi) is 7.94. The van der Waals surface area contributed by atoms with Crippen LogP contribution in [0.15, 0.2) is 109 Å². The fraction of sp³-hybridized carbons (Fsp3) is 0.294. The maximum atomic E-state index is 6.61. The highest BCUT2D eigenvalue weighted by molar-refractivity contribution is 5.67. The Labute approximate surface area is 226 Å². The van der Waals surface area contributed by atoms with E-state index in [1.807, 2.05) is 0 Å². The van der Waals surface area contributed by atoms with E-state index in [2.05, 4.69) is 120 Å². The molecule has 4 heteroatoms. The zero-order valence-electron chi connectivity index (χ0n) is 21.8. The summed E-state index contributed by atoms with van der Waals surface area (Å²) in [6.07, 6.45) is 2.33. The summed E-state index contributed by atoms with van der Waals surface area (Å²) in [5, 5.41) is 7.46. The number of hydrogen-bond acceptors (Lipinski definition) is 4. The van der Waals surface area contributed by atoms with Gasteiger partial charge in [-0.25, -0.2) is 0 Å². The topological polar surface area (TPSA) is 42.5 Å². The summed E-state index contributed by atoms with van der Waals surface area (Å²) in [7, 11) is 0. The van der Waals surface area contributed by atoms with Crippen LogP contribution in [0.5, 0.6) is 0 Å². The molecule has 2 aliphatic rings. The maximum absolute atomic E-state index is 6.61. The molecule has 0 unspecified atom stereocenters. The van der Waals surface area contributed by atoms with Gasteiger partial charge < -0.3 is 20.1 Å². The second-order valence-electron chi connectivity index (χ2n) is 10.3. The Balaban J connectivity index is 1.11. The van der Waals surface area contributed by atoms with Gasteiger partial charge in [-0.15, -0.1) is 0 Å². The van der Waals surface area contributed by atoms with Gasteiger partial charge in [-0.05, 0) is 59.3 Å². The molecule has 4 nitrogen and oxygen atoms in total. The molecule has 4 aromatic carbocycles. The van der Waals surface area contributed by atoms with Gasteiger partial charge in [-0.1, -0.05) is 109 Å². The molecule has 0 aliphatic carbocycles. The third-order valence-electron chi connectivity index (χ3n) is 7.92. The third kappa shape index (κ3) is 5.59. The fourth-order valence-corrected chi connectivity index (χ4v) is 5.98. The lowest BCUT2D eigenvalue weighted by Crippen LogP contribution is -2.52. The molecule has 0 radical (unpaired) electrons. The van der Waals surface area contributed by atoms with Gasteiger partial charge in [0.2, 0.25) is 0 Å². The predicted octanol–water partition coefficient (Wildman–Crippen LogP) is 6.22. The Morgan fingerprint density at radius 3 is 1.34 bits per heavy atom. The van der Waals surface area contributed by atoms with Crippen molar-refractivity contribution >= 4 is 0 Å². The molecule has 0 aromatic heterocycles. The molecule has 6 rings (SSSR count). The van der Waals surface area contributed by atoms with E-state index in [1.165, 1.54) is 33.4 Å². The van der Waals surface area contributed by atoms with E-state index in [0.717, 1.165) is 25.9 Å². The van der Waals surface area contributed by atoms with Crippen LogP contribution >= 0.6 is 0 Å². The smallest absolute Gasteiger partial charge is 0.0760 e. The van der Waals surface area contributed by atoms with E-state index in [-0.39, 0.29) is 24.3 Å². The van der Waals surface area contributed by atoms with Gasteiger partial charge in [-0.2, -0.15) is 0 Å². The van der Waals surface area contributed by atoms with Crippen LogP contribution in [-0.2, 0) is 22.7 Å². The third-order valence-corrected chi connectivity index (χ3v) is 7.92. The van der Waals surface area contributed by atoms with E-state index in [9.17, 15) is 0 Å². The molecule has 2 fully saturated rings. The number of ether oxygens (including phenoxy) is 2. The Morgan fingerprint density at radius 1 is 0.500 bits per heavy atom. The summed E-state index contributed by atoms with van der Waals surface area (Å²) < 4.78 is 13.2. The van der Waals surface area contributed by atoms with Crippen molar-refractivity contribution in [1.29, 1.82) is 0 Å². The van der Waals surface area contributed by atoms with Crippen molar-refractivity contribution in [2.75, 3.05) is 13.1 Å². The lowest BCUT2D eigenvalue weighted by molar-refractivity contribution is -0.0113. The fourth-order valence-electron chi connectivity index (χ4n) is 5.98. The number of nitrogens with one attached hydrogen (secondary N) is 2. The van der Waals surface area contributed by atoms with Crippen molar-refractivity contribution in [2.45, 2.75) is 50.3 Å². The highest BCUT2D eigenvalue weighted by Gasteiger charge is 2.41. The summed E-state index contributed by atoms with van der Waals surface area (Å²) in [5.74, 6) is 0. The van der Waals surface area contributed by atoms with Gasteiger partial charge in [0.1, 0.15) is 0 Å². The van der Waals surface area contributed by atoms with Crippen molar-refractivity contribution in [3.8, 4) is 22.3 Å². The molecule has 4 atom stereocenters. The second kappa shape index (κ2) is 12.1. The first kappa shape index (κ1) is 25.0. The molecule has 4 aromatic rings. The molecule has 0 spiro atoms. The molecule has 0 saturated carbocycles. The molecule has 2 aliphatic heterocycles. The van der Waals surface area contributed by atoms with Crippen LogP contribution in [-0.4, -0.2) is 37.4 Å². The zero-order valence-corrected chi connectivity index (χ0v) is 21.8. The van der Waals surface area contributed by atoms with Gasteiger partial charge in [-0.3, -0.25) is 0 Å². The standard InChI is InChI=1S/C34H36N2O2/c1-3-11-25(12-4-1)29-17-9-7-15-27(29)23-37-31-19-21-35-33(31)34-32(20-22-36-34)38-24-28-16-8-10-18-30(28)26-13-5-2-6-14-26/h1-18,31-36H,19-24H2/t31-,32-,33-,34-/m1/s1. The molecule has 38 heavy (non-hydrogen) atoms. The van der Waals surface area contributed by atoms with Gasteiger partial charge in [0.25, 0.3) is 0 Å². The molecule has 2 saturated heterocycles. The quantitative estimate of drug-likeness (QED) is 0.284. The highest BCUT2D eigenvalue weighted by atomic mass is 16.5. The average molecular weight is 505 g/mol. The minimum absolute atomic E-state index is 0.150. The predicted molar refractivity (Wildman–Crippen MR) is 154 cm³/mol. The number of hydrogen-bond donors (Lipinski definition) is 2.